The molecule has 0 aliphatic heterocycles. The van der Waals surface area contributed by atoms with Crippen LogP contribution in [0.5, 0.6) is 0 Å². The van der Waals surface area contributed by atoms with E-state index in [1.54, 1.807) is 6.07 Å². The normalized spacial score (nSPS) is 25.4. The summed E-state index contributed by atoms with van der Waals surface area (Å²) in [6.07, 6.45) is 4.42. The van der Waals surface area contributed by atoms with Gasteiger partial charge in [0.2, 0.25) is 5.91 Å². The van der Waals surface area contributed by atoms with Gasteiger partial charge in [0.15, 0.2) is 0 Å². The van der Waals surface area contributed by atoms with Gasteiger partial charge in [-0.05, 0) is 43.2 Å². The van der Waals surface area contributed by atoms with Gasteiger partial charge in [-0.1, -0.05) is 18.6 Å². The van der Waals surface area contributed by atoms with Gasteiger partial charge in [0.05, 0.1) is 5.69 Å². The van der Waals surface area contributed by atoms with Crippen LogP contribution >= 0.6 is 0 Å². The first-order valence-electron chi connectivity index (χ1n) is 8.53. The number of rotatable bonds is 6. The van der Waals surface area contributed by atoms with Crippen LogP contribution in [0.3, 0.4) is 0 Å². The zero-order chi connectivity index (χ0) is 18.2. The van der Waals surface area contributed by atoms with Gasteiger partial charge in [0.1, 0.15) is 12.4 Å². The summed E-state index contributed by atoms with van der Waals surface area (Å²) < 4.78 is 41.1. The number of benzene rings is 1. The third kappa shape index (κ3) is 3.64. The van der Waals surface area contributed by atoms with E-state index in [4.69, 9.17) is 0 Å². The molecule has 2 aliphatic rings. The molecule has 2 fully saturated rings. The summed E-state index contributed by atoms with van der Waals surface area (Å²) in [5.41, 5.74) is -0.126. The van der Waals surface area contributed by atoms with Crippen molar-refractivity contribution in [2.24, 2.45) is 11.8 Å². The maximum absolute atomic E-state index is 14.2. The Morgan fingerprint density at radius 2 is 1.96 bits per heavy atom. The summed E-state index contributed by atoms with van der Waals surface area (Å²) in [5.74, 6) is 0.0803. The summed E-state index contributed by atoms with van der Waals surface area (Å²) >= 11 is 0. The largest absolute Gasteiger partial charge is 0.352 e. The first-order valence-corrected chi connectivity index (χ1v) is 9.93. The Morgan fingerprint density at radius 1 is 1.24 bits per heavy atom. The highest BCUT2D eigenvalue weighted by atomic mass is 32.2. The molecule has 0 unspecified atom stereocenters. The second kappa shape index (κ2) is 6.92. The van der Waals surface area contributed by atoms with Crippen molar-refractivity contribution >= 4 is 21.8 Å². The SMILES string of the molecule is CN(C)S(=O)(=O)N(CC(=O)N[C@H]1C[C@@H]2CC[C@@H]1C2)c1ccccc1F. The molecule has 8 heteroatoms. The number of fused-ring (bicyclic) bond motifs is 2. The van der Waals surface area contributed by atoms with Gasteiger partial charge in [-0.25, -0.2) is 8.70 Å². The molecule has 2 saturated carbocycles. The fourth-order valence-corrected chi connectivity index (χ4v) is 5.02. The predicted molar refractivity (Wildman–Crippen MR) is 93.7 cm³/mol. The molecule has 1 aromatic carbocycles. The molecule has 1 N–H and O–H groups in total. The van der Waals surface area contributed by atoms with Gasteiger partial charge in [-0.15, -0.1) is 0 Å². The molecule has 6 nitrogen and oxygen atoms in total. The van der Waals surface area contributed by atoms with Crippen LogP contribution < -0.4 is 9.62 Å². The molecule has 0 radical (unpaired) electrons. The van der Waals surface area contributed by atoms with E-state index >= 15 is 0 Å². The average molecular weight is 369 g/mol. The number of hydrogen-bond donors (Lipinski definition) is 1. The molecule has 2 aliphatic carbocycles. The van der Waals surface area contributed by atoms with Gasteiger partial charge >= 0.3 is 10.2 Å². The van der Waals surface area contributed by atoms with Gasteiger partial charge in [-0.2, -0.15) is 12.7 Å². The molecule has 0 heterocycles. The number of hydrogen-bond acceptors (Lipinski definition) is 3. The fourth-order valence-electron chi connectivity index (χ4n) is 3.95. The number of nitrogens with one attached hydrogen (secondary N) is 1. The van der Waals surface area contributed by atoms with E-state index in [1.165, 1.54) is 38.7 Å². The lowest BCUT2D eigenvalue weighted by Gasteiger charge is -2.29. The zero-order valence-corrected chi connectivity index (χ0v) is 15.3. The van der Waals surface area contributed by atoms with Crippen molar-refractivity contribution in [2.45, 2.75) is 31.7 Å². The summed E-state index contributed by atoms with van der Waals surface area (Å²) in [7, 11) is -1.27. The van der Waals surface area contributed by atoms with Crippen LogP contribution in [-0.2, 0) is 15.0 Å². The number of halogens is 1. The molecule has 1 amide bonds. The van der Waals surface area contributed by atoms with Crippen molar-refractivity contribution < 1.29 is 17.6 Å². The Bertz CT molecular complexity index is 753. The molecule has 1 aromatic rings. The minimum Gasteiger partial charge on any atom is -0.352 e. The third-order valence-electron chi connectivity index (χ3n) is 5.23. The Morgan fingerprint density at radius 3 is 2.52 bits per heavy atom. The number of anilines is 1. The quantitative estimate of drug-likeness (QED) is 0.830. The number of carbonyl (C=O) groups excluding carboxylic acids is 1. The minimum atomic E-state index is -3.99. The molecular formula is C17H24FN3O3S. The Labute approximate surface area is 148 Å². The molecule has 0 spiro atoms. The molecular weight excluding hydrogens is 345 g/mol. The van der Waals surface area contributed by atoms with Crippen LogP contribution in [0.15, 0.2) is 24.3 Å². The molecule has 0 saturated heterocycles. The molecule has 3 rings (SSSR count). The first-order chi connectivity index (χ1) is 11.8. The summed E-state index contributed by atoms with van der Waals surface area (Å²) in [6.45, 7) is -0.435. The van der Waals surface area contributed by atoms with Crippen molar-refractivity contribution in [3.8, 4) is 0 Å². The Balaban J connectivity index is 1.78. The molecule has 2 bridgehead atoms. The average Bonchev–Trinajstić information content (AvgIpc) is 3.16. The van der Waals surface area contributed by atoms with Crippen LogP contribution in [0.4, 0.5) is 10.1 Å². The standard InChI is InChI=1S/C17H24FN3O3S/c1-20(2)25(23,24)21(16-6-4-3-5-14(16)18)11-17(22)19-15-10-12-7-8-13(15)9-12/h3-6,12-13,15H,7-11H2,1-2H3,(H,19,22)/t12-,13-,15+/m1/s1. The van der Waals surface area contributed by atoms with Crippen LogP contribution in [0.2, 0.25) is 0 Å². The second-order valence-corrected chi connectivity index (χ2v) is 9.16. The van der Waals surface area contributed by atoms with E-state index in [0.717, 1.165) is 27.9 Å². The maximum Gasteiger partial charge on any atom is 0.304 e. The van der Waals surface area contributed by atoms with E-state index < -0.39 is 28.5 Å². The highest BCUT2D eigenvalue weighted by Gasteiger charge is 2.40. The van der Waals surface area contributed by atoms with Crippen LogP contribution in [0, 0.1) is 17.7 Å². The lowest BCUT2D eigenvalue weighted by Crippen LogP contribution is -2.48. The van der Waals surface area contributed by atoms with Gasteiger partial charge in [0, 0.05) is 20.1 Å². The second-order valence-electron chi connectivity index (χ2n) is 7.10. The molecule has 0 aromatic heterocycles. The number of para-hydroxylation sites is 1. The highest BCUT2D eigenvalue weighted by molar-refractivity contribution is 7.90. The van der Waals surface area contributed by atoms with Crippen molar-refractivity contribution in [1.29, 1.82) is 0 Å². The molecule has 25 heavy (non-hydrogen) atoms. The van der Waals surface area contributed by atoms with E-state index in [-0.39, 0.29) is 11.7 Å². The lowest BCUT2D eigenvalue weighted by atomic mass is 9.95. The van der Waals surface area contributed by atoms with Gasteiger partial charge in [0.25, 0.3) is 0 Å². The summed E-state index contributed by atoms with van der Waals surface area (Å²) in [6, 6.07) is 5.68. The fraction of sp³-hybridized carbons (Fsp3) is 0.588. The van der Waals surface area contributed by atoms with E-state index in [9.17, 15) is 17.6 Å². The summed E-state index contributed by atoms with van der Waals surface area (Å²) in [5, 5.41) is 2.95. The Hall–Kier alpha value is -1.67. The van der Waals surface area contributed by atoms with Gasteiger partial charge in [-0.3, -0.25) is 4.79 Å². The number of carbonyl (C=O) groups is 1. The van der Waals surface area contributed by atoms with E-state index in [0.29, 0.717) is 11.8 Å². The summed E-state index contributed by atoms with van der Waals surface area (Å²) in [4.78, 5) is 12.5. The third-order valence-corrected chi connectivity index (χ3v) is 7.04. The smallest absolute Gasteiger partial charge is 0.304 e. The van der Waals surface area contributed by atoms with Crippen molar-refractivity contribution in [3.63, 3.8) is 0 Å². The van der Waals surface area contributed by atoms with Crippen LogP contribution in [0.1, 0.15) is 25.7 Å². The van der Waals surface area contributed by atoms with Crippen LogP contribution in [-0.4, -0.2) is 45.3 Å². The number of amides is 1. The number of nitrogens with zero attached hydrogens (tertiary/aromatic N) is 2. The highest BCUT2D eigenvalue weighted by Crippen LogP contribution is 2.44. The topological polar surface area (TPSA) is 69.7 Å². The predicted octanol–water partition coefficient (Wildman–Crippen LogP) is 1.74. The van der Waals surface area contributed by atoms with E-state index in [2.05, 4.69) is 5.32 Å². The lowest BCUT2D eigenvalue weighted by molar-refractivity contribution is -0.120. The maximum atomic E-state index is 14.2. The van der Waals surface area contributed by atoms with E-state index in [1.807, 2.05) is 0 Å². The van der Waals surface area contributed by atoms with Crippen LogP contribution in [0.25, 0.3) is 0 Å². The van der Waals surface area contributed by atoms with Crippen molar-refractivity contribution in [2.75, 3.05) is 24.9 Å². The van der Waals surface area contributed by atoms with Crippen molar-refractivity contribution in [3.05, 3.63) is 30.1 Å². The first kappa shape index (κ1) is 18.1. The molecule has 138 valence electrons. The van der Waals surface area contributed by atoms with Gasteiger partial charge < -0.3 is 5.32 Å². The molecule has 3 atom stereocenters. The zero-order valence-electron chi connectivity index (χ0n) is 14.5. The Kier molecular flexibility index (Phi) is 5.02. The van der Waals surface area contributed by atoms with Crippen molar-refractivity contribution in [1.82, 2.24) is 9.62 Å². The minimum absolute atomic E-state index is 0.107. The monoisotopic (exact) mass is 369 g/mol.